The molecule has 0 fully saturated rings. The minimum Gasteiger partial charge on any atom is -0.465 e. The van der Waals surface area contributed by atoms with Crippen molar-refractivity contribution in [2.45, 2.75) is 25.3 Å². The number of thiophene rings is 1. The summed E-state index contributed by atoms with van der Waals surface area (Å²) in [5, 5.41) is 4.11. The van der Waals surface area contributed by atoms with E-state index in [1.807, 2.05) is 0 Å². The molecule has 0 radical (unpaired) electrons. The quantitative estimate of drug-likeness (QED) is 0.316. The first-order chi connectivity index (χ1) is 17.3. The second-order valence-electron chi connectivity index (χ2n) is 7.85. The summed E-state index contributed by atoms with van der Waals surface area (Å²) in [6, 6.07) is 4.12. The molecule has 0 spiro atoms. The fourth-order valence-electron chi connectivity index (χ4n) is 3.67. The number of halogens is 7. The van der Waals surface area contributed by atoms with E-state index in [4.69, 9.17) is 11.6 Å². The number of fused-ring (bicyclic) bond motifs is 1. The normalized spacial score (nSPS) is 13.8. The number of amides is 1. The summed E-state index contributed by atoms with van der Waals surface area (Å²) < 4.78 is 83.8. The van der Waals surface area contributed by atoms with E-state index >= 15 is 0 Å². The van der Waals surface area contributed by atoms with E-state index in [9.17, 15) is 35.9 Å². The van der Waals surface area contributed by atoms with Crippen LogP contribution in [-0.2, 0) is 28.7 Å². The van der Waals surface area contributed by atoms with Crippen LogP contribution in [0.1, 0.15) is 27.0 Å². The average molecular weight is 565 g/mol. The maximum Gasteiger partial charge on any atom is 0.471 e. The van der Waals surface area contributed by atoms with Crippen molar-refractivity contribution in [2.75, 3.05) is 19.0 Å². The van der Waals surface area contributed by atoms with Gasteiger partial charge in [-0.15, -0.1) is 11.3 Å². The lowest BCUT2D eigenvalue weighted by atomic mass is 9.99. The number of aromatic nitrogens is 2. The lowest BCUT2D eigenvalue weighted by Gasteiger charge is -2.30. The van der Waals surface area contributed by atoms with Gasteiger partial charge in [-0.2, -0.15) is 26.3 Å². The third-order valence-electron chi connectivity index (χ3n) is 5.43. The number of benzene rings is 1. The molecule has 4 rings (SSSR count). The Morgan fingerprint density at radius 3 is 2.51 bits per heavy atom. The van der Waals surface area contributed by atoms with Gasteiger partial charge in [-0.25, -0.2) is 14.8 Å². The molecular formula is C22H15ClF6N4O3S. The van der Waals surface area contributed by atoms with Crippen LogP contribution in [0.4, 0.5) is 38.0 Å². The maximum atomic E-state index is 13.6. The Bertz CT molecular complexity index is 1380. The van der Waals surface area contributed by atoms with Crippen LogP contribution >= 0.6 is 22.9 Å². The van der Waals surface area contributed by atoms with Crippen molar-refractivity contribution in [1.82, 2.24) is 14.9 Å². The highest BCUT2D eigenvalue weighted by atomic mass is 35.5. The summed E-state index contributed by atoms with van der Waals surface area (Å²) in [5.74, 6) is -2.91. The van der Waals surface area contributed by atoms with Crippen LogP contribution in [0.3, 0.4) is 0 Å². The van der Waals surface area contributed by atoms with Crippen LogP contribution in [0.25, 0.3) is 10.6 Å². The van der Waals surface area contributed by atoms with Crippen LogP contribution in [-0.4, -0.2) is 46.6 Å². The summed E-state index contributed by atoms with van der Waals surface area (Å²) >= 11 is 7.13. The van der Waals surface area contributed by atoms with E-state index < -0.39 is 35.5 Å². The van der Waals surface area contributed by atoms with Gasteiger partial charge in [0.25, 0.3) is 0 Å². The van der Waals surface area contributed by atoms with E-state index in [2.05, 4.69) is 20.0 Å². The van der Waals surface area contributed by atoms with Crippen LogP contribution < -0.4 is 5.32 Å². The molecule has 7 nitrogen and oxygen atoms in total. The highest BCUT2D eigenvalue weighted by molar-refractivity contribution is 7.13. The number of carbonyl (C=O) groups is 2. The fourth-order valence-corrected chi connectivity index (χ4v) is 4.78. The summed E-state index contributed by atoms with van der Waals surface area (Å²) in [7, 11) is 1.14. The van der Waals surface area contributed by atoms with Gasteiger partial charge in [-0.3, -0.25) is 4.79 Å². The number of alkyl halides is 6. The molecule has 0 saturated heterocycles. The molecular weight excluding hydrogens is 550 g/mol. The van der Waals surface area contributed by atoms with Gasteiger partial charge in [0.15, 0.2) is 0 Å². The predicted molar refractivity (Wildman–Crippen MR) is 122 cm³/mol. The molecule has 1 aromatic carbocycles. The number of nitrogens with zero attached hydrogens (tertiary/aromatic N) is 3. The third-order valence-corrected chi connectivity index (χ3v) is 6.68. The standard InChI is InChI=1S/C22H15ClF6N4O3S/c1-36-18(34)12-6-16(37-9-12)17-13(21(24,25)26)7-30-20(32-17)31-15-5-10-2-3-33(19(35)22(27,28)29)8-11(10)4-14(15)23/h4-7,9H,2-3,8H2,1H3,(H,30,31,32). The summed E-state index contributed by atoms with van der Waals surface area (Å²) in [6.07, 6.45) is -9.09. The van der Waals surface area contributed by atoms with E-state index in [0.717, 1.165) is 18.4 Å². The number of ether oxygens (including phenoxy) is 1. The van der Waals surface area contributed by atoms with Crippen LogP contribution in [0.5, 0.6) is 0 Å². The number of rotatable bonds is 4. The molecule has 0 atom stereocenters. The Morgan fingerprint density at radius 2 is 1.86 bits per heavy atom. The van der Waals surface area contributed by atoms with E-state index in [0.29, 0.717) is 22.2 Å². The highest BCUT2D eigenvalue weighted by Gasteiger charge is 2.43. The zero-order valence-corrected chi connectivity index (χ0v) is 20.2. The van der Waals surface area contributed by atoms with Crippen molar-refractivity contribution in [3.63, 3.8) is 0 Å². The zero-order chi connectivity index (χ0) is 27.1. The average Bonchev–Trinajstić information content (AvgIpc) is 3.32. The molecule has 0 bridgehead atoms. The number of nitrogens with one attached hydrogen (secondary N) is 1. The molecule has 3 heterocycles. The van der Waals surface area contributed by atoms with Crippen LogP contribution in [0, 0.1) is 0 Å². The van der Waals surface area contributed by atoms with Gasteiger partial charge in [-0.05, 0) is 35.7 Å². The topological polar surface area (TPSA) is 84.4 Å². The highest BCUT2D eigenvalue weighted by Crippen LogP contribution is 2.39. The molecule has 2 aromatic heterocycles. The van der Waals surface area contributed by atoms with Crippen molar-refractivity contribution in [3.05, 3.63) is 57.1 Å². The summed E-state index contributed by atoms with van der Waals surface area (Å²) in [5.41, 5.74) is -0.320. The molecule has 196 valence electrons. The predicted octanol–water partition coefficient (Wildman–Crippen LogP) is 5.85. The minimum absolute atomic E-state index is 0.0363. The summed E-state index contributed by atoms with van der Waals surface area (Å²) in [4.78, 5) is 31.7. The van der Waals surface area contributed by atoms with E-state index in [-0.39, 0.29) is 46.6 Å². The molecule has 1 aliphatic heterocycles. The van der Waals surface area contributed by atoms with Crippen molar-refractivity contribution < 1.29 is 40.7 Å². The number of hydrogen-bond donors (Lipinski definition) is 1. The van der Waals surface area contributed by atoms with Gasteiger partial charge in [0.1, 0.15) is 5.56 Å². The Hall–Kier alpha value is -3.39. The SMILES string of the molecule is COC(=O)c1csc(-c2nc(Nc3cc4c(cc3Cl)CN(C(=O)C(F)(F)F)CC4)ncc2C(F)(F)F)c1. The zero-order valence-electron chi connectivity index (χ0n) is 18.6. The van der Waals surface area contributed by atoms with Gasteiger partial charge >= 0.3 is 24.2 Å². The molecule has 1 amide bonds. The summed E-state index contributed by atoms with van der Waals surface area (Å²) in [6.45, 7) is -0.468. The number of methoxy groups -OCH3 is 1. The first-order valence-corrected chi connectivity index (χ1v) is 11.6. The lowest BCUT2D eigenvalue weighted by Crippen LogP contribution is -2.43. The maximum absolute atomic E-state index is 13.6. The fraction of sp³-hybridized carbons (Fsp3) is 0.273. The molecule has 1 aliphatic rings. The third kappa shape index (κ3) is 5.64. The van der Waals surface area contributed by atoms with Gasteiger partial charge in [-0.1, -0.05) is 11.6 Å². The number of esters is 1. The first-order valence-electron chi connectivity index (χ1n) is 10.3. The molecule has 1 N–H and O–H groups in total. The number of hydrogen-bond acceptors (Lipinski definition) is 7. The van der Waals surface area contributed by atoms with Gasteiger partial charge in [0.05, 0.1) is 34.0 Å². The molecule has 0 unspecified atom stereocenters. The molecule has 3 aromatic rings. The molecule has 0 saturated carbocycles. The van der Waals surface area contributed by atoms with Gasteiger partial charge in [0.2, 0.25) is 5.95 Å². The molecule has 0 aliphatic carbocycles. The van der Waals surface area contributed by atoms with Crippen LogP contribution in [0.2, 0.25) is 5.02 Å². The Balaban J connectivity index is 1.65. The minimum atomic E-state index is -5.00. The lowest BCUT2D eigenvalue weighted by molar-refractivity contribution is -0.186. The smallest absolute Gasteiger partial charge is 0.465 e. The largest absolute Gasteiger partial charge is 0.471 e. The van der Waals surface area contributed by atoms with Crippen LogP contribution in [0.15, 0.2) is 29.8 Å². The second-order valence-corrected chi connectivity index (χ2v) is 9.16. The molecule has 37 heavy (non-hydrogen) atoms. The van der Waals surface area contributed by atoms with E-state index in [1.165, 1.54) is 23.6 Å². The van der Waals surface area contributed by atoms with Crippen molar-refractivity contribution >= 4 is 46.4 Å². The Kier molecular flexibility index (Phi) is 7.08. The second kappa shape index (κ2) is 9.82. The van der Waals surface area contributed by atoms with Crippen molar-refractivity contribution in [3.8, 4) is 10.6 Å². The van der Waals surface area contributed by atoms with E-state index in [1.54, 1.807) is 0 Å². The molecule has 15 heteroatoms. The van der Waals surface area contributed by atoms with Crippen molar-refractivity contribution in [2.24, 2.45) is 0 Å². The Labute approximate surface area is 214 Å². The Morgan fingerprint density at radius 1 is 1.14 bits per heavy atom. The van der Waals surface area contributed by atoms with Gasteiger partial charge in [0, 0.05) is 24.7 Å². The van der Waals surface area contributed by atoms with Gasteiger partial charge < -0.3 is 15.0 Å². The van der Waals surface area contributed by atoms with Crippen molar-refractivity contribution in [1.29, 1.82) is 0 Å². The number of carbonyl (C=O) groups excluding carboxylic acids is 2. The number of anilines is 2. The first kappa shape index (κ1) is 26.7. The monoisotopic (exact) mass is 564 g/mol.